The Balaban J connectivity index is 1.27. The standard InChI is InChI=1S/C33H47NO3S/c1-5-7-26-20-34-31(38-26)33(16-17-33)30(37)14-9-21(2)27-12-13-28-23(8-6-15-32(27,28)4)10-11-24-18-25(35)19-29(36)22(24)3/h9-11,14,20-21,25,27-30,35-37H,3,5-8,12-13,15-19H2,1-2,4H3/t21-,25-,27-,28+,29+,30-,32-/m1/s1. The van der Waals surface area contributed by atoms with Gasteiger partial charge in [-0.25, -0.2) is 4.98 Å². The van der Waals surface area contributed by atoms with E-state index in [-0.39, 0.29) is 10.8 Å². The van der Waals surface area contributed by atoms with Gasteiger partial charge in [-0.15, -0.1) is 11.3 Å². The Morgan fingerprint density at radius 2 is 1.97 bits per heavy atom. The predicted octanol–water partition coefficient (Wildman–Crippen LogP) is 6.82. The highest BCUT2D eigenvalue weighted by atomic mass is 32.1. The van der Waals surface area contributed by atoms with Crippen molar-refractivity contribution in [3.05, 3.63) is 63.7 Å². The highest BCUT2D eigenvalue weighted by Gasteiger charge is 2.53. The lowest BCUT2D eigenvalue weighted by Crippen LogP contribution is -2.35. The fourth-order valence-corrected chi connectivity index (χ4v) is 9.17. The molecule has 0 spiro atoms. The highest BCUT2D eigenvalue weighted by Crippen LogP contribution is 2.60. The van der Waals surface area contributed by atoms with E-state index in [9.17, 15) is 15.3 Å². The second-order valence-corrected chi connectivity index (χ2v) is 14.0. The number of hydrogen-bond donors (Lipinski definition) is 3. The zero-order valence-electron chi connectivity index (χ0n) is 23.5. The van der Waals surface area contributed by atoms with Crippen LogP contribution in [-0.4, -0.2) is 38.6 Å². The molecule has 3 N–H and O–H groups in total. The molecule has 1 aromatic heterocycles. The maximum absolute atomic E-state index is 11.2. The van der Waals surface area contributed by atoms with Gasteiger partial charge in [0.2, 0.25) is 0 Å². The minimum atomic E-state index is -0.636. The van der Waals surface area contributed by atoms with Crippen LogP contribution in [0, 0.1) is 23.2 Å². The van der Waals surface area contributed by atoms with E-state index in [1.807, 2.05) is 6.20 Å². The van der Waals surface area contributed by atoms with Crippen molar-refractivity contribution in [2.75, 3.05) is 0 Å². The molecule has 5 rings (SSSR count). The Labute approximate surface area is 233 Å². The van der Waals surface area contributed by atoms with Gasteiger partial charge in [0.05, 0.1) is 23.7 Å². The van der Waals surface area contributed by atoms with Gasteiger partial charge in [-0.2, -0.15) is 0 Å². The number of rotatable bonds is 8. The van der Waals surface area contributed by atoms with Crippen LogP contribution in [0.4, 0.5) is 0 Å². The summed E-state index contributed by atoms with van der Waals surface area (Å²) in [4.78, 5) is 6.05. The lowest BCUT2D eigenvalue weighted by molar-refractivity contribution is 0.0862. The Hall–Kier alpha value is -1.53. The molecule has 1 heterocycles. The summed E-state index contributed by atoms with van der Waals surface area (Å²) in [6, 6.07) is 0. The average molecular weight is 538 g/mol. The Morgan fingerprint density at radius 1 is 1.18 bits per heavy atom. The minimum Gasteiger partial charge on any atom is -0.393 e. The molecule has 208 valence electrons. The minimum absolute atomic E-state index is 0.159. The number of aromatic nitrogens is 1. The fraction of sp³-hybridized carbons (Fsp3) is 0.667. The first-order valence-corrected chi connectivity index (χ1v) is 15.8. The van der Waals surface area contributed by atoms with Gasteiger partial charge in [-0.3, -0.25) is 0 Å². The SMILES string of the molecule is C=C1C(=CC=C2CCC[C@]3(C)[C@@H]([C@H](C)C=C[C@@H](O)C4(c5ncc(CCC)s5)CC4)CC[C@@H]23)C[C@@H](O)C[C@@H]1O. The van der Waals surface area contributed by atoms with Crippen LogP contribution >= 0.6 is 11.3 Å². The van der Waals surface area contributed by atoms with Crippen molar-refractivity contribution in [1.82, 2.24) is 4.98 Å². The van der Waals surface area contributed by atoms with Crippen LogP contribution in [0.25, 0.3) is 0 Å². The number of nitrogens with zero attached hydrogens (tertiary/aromatic N) is 1. The van der Waals surface area contributed by atoms with Crippen molar-refractivity contribution in [1.29, 1.82) is 0 Å². The predicted molar refractivity (Wildman–Crippen MR) is 156 cm³/mol. The van der Waals surface area contributed by atoms with Crippen LogP contribution in [0.1, 0.15) is 94.9 Å². The molecule has 0 bridgehead atoms. The largest absolute Gasteiger partial charge is 0.393 e. The van der Waals surface area contributed by atoms with Crippen LogP contribution in [-0.2, 0) is 11.8 Å². The van der Waals surface area contributed by atoms with Crippen LogP contribution < -0.4 is 0 Å². The number of aliphatic hydroxyl groups excluding tert-OH is 3. The van der Waals surface area contributed by atoms with Crippen molar-refractivity contribution in [3.8, 4) is 0 Å². The number of aryl methyl sites for hydroxylation is 1. The summed E-state index contributed by atoms with van der Waals surface area (Å²) in [6.45, 7) is 11.1. The van der Waals surface area contributed by atoms with Gasteiger partial charge in [0.25, 0.3) is 0 Å². The first-order chi connectivity index (χ1) is 18.2. The molecule has 4 nitrogen and oxygen atoms in total. The van der Waals surface area contributed by atoms with Gasteiger partial charge in [-0.1, -0.05) is 63.6 Å². The smallest absolute Gasteiger partial charge is 0.102 e. The molecule has 4 aliphatic rings. The number of allylic oxidation sites excluding steroid dienone is 4. The van der Waals surface area contributed by atoms with Crippen LogP contribution in [0.2, 0.25) is 0 Å². The van der Waals surface area contributed by atoms with Gasteiger partial charge in [0.1, 0.15) is 5.01 Å². The average Bonchev–Trinajstić information content (AvgIpc) is 3.42. The summed E-state index contributed by atoms with van der Waals surface area (Å²) in [7, 11) is 0. The Kier molecular flexibility index (Phi) is 8.22. The lowest BCUT2D eigenvalue weighted by Gasteiger charge is -2.44. The zero-order valence-corrected chi connectivity index (χ0v) is 24.3. The highest BCUT2D eigenvalue weighted by molar-refractivity contribution is 7.11. The summed E-state index contributed by atoms with van der Waals surface area (Å²) >= 11 is 1.80. The van der Waals surface area contributed by atoms with E-state index >= 15 is 0 Å². The van der Waals surface area contributed by atoms with Gasteiger partial charge in [-0.05, 0) is 92.1 Å². The fourth-order valence-electron chi connectivity index (χ4n) is 7.88. The molecule has 4 aliphatic carbocycles. The van der Waals surface area contributed by atoms with Gasteiger partial charge in [0.15, 0.2) is 0 Å². The maximum Gasteiger partial charge on any atom is 0.102 e. The molecule has 0 amide bonds. The quantitative estimate of drug-likeness (QED) is 0.318. The van der Waals surface area contributed by atoms with Crippen molar-refractivity contribution < 1.29 is 15.3 Å². The molecule has 1 aromatic rings. The van der Waals surface area contributed by atoms with Gasteiger partial charge < -0.3 is 15.3 Å². The van der Waals surface area contributed by atoms with E-state index in [1.165, 1.54) is 36.1 Å². The number of hydrogen-bond acceptors (Lipinski definition) is 5. The molecule has 0 aliphatic heterocycles. The molecule has 0 aromatic carbocycles. The Bertz CT molecular complexity index is 1110. The van der Waals surface area contributed by atoms with E-state index in [0.29, 0.717) is 30.6 Å². The third kappa shape index (κ3) is 5.29. The van der Waals surface area contributed by atoms with E-state index < -0.39 is 18.3 Å². The molecule has 38 heavy (non-hydrogen) atoms. The molecule has 0 unspecified atom stereocenters. The first kappa shape index (κ1) is 28.0. The third-order valence-electron chi connectivity index (χ3n) is 10.4. The number of thiazole rings is 1. The monoisotopic (exact) mass is 537 g/mol. The molecule has 0 radical (unpaired) electrons. The second kappa shape index (κ2) is 11.2. The molecule has 5 heteroatoms. The third-order valence-corrected chi connectivity index (χ3v) is 11.6. The molecule has 4 saturated carbocycles. The van der Waals surface area contributed by atoms with Crippen molar-refractivity contribution in [3.63, 3.8) is 0 Å². The zero-order chi connectivity index (χ0) is 27.1. The van der Waals surface area contributed by atoms with E-state index in [4.69, 9.17) is 4.98 Å². The van der Waals surface area contributed by atoms with Crippen LogP contribution in [0.3, 0.4) is 0 Å². The van der Waals surface area contributed by atoms with Gasteiger partial charge in [0, 0.05) is 17.5 Å². The maximum atomic E-state index is 11.2. The normalized spacial score (nSPS) is 36.6. The summed E-state index contributed by atoms with van der Waals surface area (Å²) < 4.78 is 0. The topological polar surface area (TPSA) is 73.6 Å². The molecule has 0 saturated heterocycles. The van der Waals surface area contributed by atoms with Gasteiger partial charge >= 0.3 is 0 Å². The number of aliphatic hydroxyl groups is 3. The van der Waals surface area contributed by atoms with Crippen molar-refractivity contribution >= 4 is 11.3 Å². The van der Waals surface area contributed by atoms with E-state index in [1.54, 1.807) is 11.3 Å². The second-order valence-electron chi connectivity index (χ2n) is 12.9. The summed E-state index contributed by atoms with van der Waals surface area (Å²) in [5.74, 6) is 1.60. The molecular formula is C33H47NO3S. The summed E-state index contributed by atoms with van der Waals surface area (Å²) in [6.07, 6.45) is 20.5. The van der Waals surface area contributed by atoms with E-state index in [0.717, 1.165) is 48.3 Å². The Morgan fingerprint density at radius 3 is 2.71 bits per heavy atom. The molecule has 7 atom stereocenters. The van der Waals surface area contributed by atoms with E-state index in [2.05, 4.69) is 51.7 Å². The lowest BCUT2D eigenvalue weighted by atomic mass is 9.61. The molecule has 4 fully saturated rings. The summed E-state index contributed by atoms with van der Waals surface area (Å²) in [5, 5.41) is 32.7. The van der Waals surface area contributed by atoms with Crippen LogP contribution in [0.5, 0.6) is 0 Å². The van der Waals surface area contributed by atoms with Crippen molar-refractivity contribution in [2.45, 2.75) is 115 Å². The molecular weight excluding hydrogens is 490 g/mol. The summed E-state index contributed by atoms with van der Waals surface area (Å²) in [5.41, 5.74) is 3.39. The number of fused-ring (bicyclic) bond motifs is 1. The van der Waals surface area contributed by atoms with Crippen LogP contribution in [0.15, 0.2) is 53.8 Å². The van der Waals surface area contributed by atoms with Crippen molar-refractivity contribution in [2.24, 2.45) is 23.2 Å². The first-order valence-electron chi connectivity index (χ1n) is 14.9.